The maximum Gasteiger partial charge on any atom is 0.418 e. The number of alkyl halides is 3. The van der Waals surface area contributed by atoms with Crippen LogP contribution >= 0.6 is 0 Å². The van der Waals surface area contributed by atoms with Gasteiger partial charge in [-0.2, -0.15) is 13.2 Å². The van der Waals surface area contributed by atoms with Crippen LogP contribution in [0.25, 0.3) is 5.69 Å². The Labute approximate surface area is 180 Å². The third kappa shape index (κ3) is 4.49. The van der Waals surface area contributed by atoms with Gasteiger partial charge in [0, 0.05) is 32.7 Å². The fourth-order valence-electron chi connectivity index (χ4n) is 3.55. The van der Waals surface area contributed by atoms with Gasteiger partial charge in [-0.05, 0) is 24.3 Å². The molecule has 32 heavy (non-hydrogen) atoms. The number of halogens is 3. The number of aromatic nitrogens is 4. The molecule has 0 saturated carbocycles. The third-order valence-electron chi connectivity index (χ3n) is 5.19. The van der Waals surface area contributed by atoms with E-state index in [0.717, 1.165) is 10.7 Å². The Bertz CT molecular complexity index is 1130. The molecule has 0 radical (unpaired) electrons. The molecule has 0 aliphatic carbocycles. The predicted molar refractivity (Wildman–Crippen MR) is 105 cm³/mol. The molecule has 3 aromatic rings. The lowest BCUT2D eigenvalue weighted by Crippen LogP contribution is -2.48. The number of H-pyrrole nitrogens is 1. The Morgan fingerprint density at radius 3 is 2.38 bits per heavy atom. The lowest BCUT2D eigenvalue weighted by atomic mass is 10.1. The van der Waals surface area contributed by atoms with Crippen LogP contribution in [0.15, 0.2) is 42.6 Å². The summed E-state index contributed by atoms with van der Waals surface area (Å²) in [7, 11) is 0. The number of nitrogens with one attached hydrogen (secondary N) is 1. The summed E-state index contributed by atoms with van der Waals surface area (Å²) in [5, 5.41) is 16.8. The predicted octanol–water partition coefficient (Wildman–Crippen LogP) is 2.27. The normalized spacial score (nSPS) is 15.2. The van der Waals surface area contributed by atoms with Crippen molar-refractivity contribution in [3.8, 4) is 5.69 Å². The summed E-state index contributed by atoms with van der Waals surface area (Å²) in [6.45, 7) is 2.28. The van der Waals surface area contributed by atoms with Crippen LogP contribution in [0.3, 0.4) is 0 Å². The first kappa shape index (κ1) is 21.6. The SMILES string of the molecule is O=C(O)c1ccc(C(=O)N2CCN(Cc3cn(-c4ccccc4C(F)(F)F)nn3)CC2)[nH]1. The van der Waals surface area contributed by atoms with Crippen molar-refractivity contribution in [2.24, 2.45) is 0 Å². The monoisotopic (exact) mass is 448 g/mol. The van der Waals surface area contributed by atoms with Gasteiger partial charge < -0.3 is 15.0 Å². The molecule has 0 spiro atoms. The fraction of sp³-hybridized carbons (Fsp3) is 0.300. The van der Waals surface area contributed by atoms with Gasteiger partial charge in [0.15, 0.2) is 0 Å². The van der Waals surface area contributed by atoms with E-state index in [-0.39, 0.29) is 23.0 Å². The molecule has 1 aliphatic heterocycles. The van der Waals surface area contributed by atoms with Gasteiger partial charge in [-0.15, -0.1) is 5.10 Å². The molecule has 3 heterocycles. The van der Waals surface area contributed by atoms with Crippen molar-refractivity contribution in [2.45, 2.75) is 12.7 Å². The number of hydrogen-bond acceptors (Lipinski definition) is 5. The number of hydrogen-bond donors (Lipinski definition) is 2. The summed E-state index contributed by atoms with van der Waals surface area (Å²) in [6.07, 6.45) is -3.04. The first-order valence-corrected chi connectivity index (χ1v) is 9.74. The van der Waals surface area contributed by atoms with E-state index in [2.05, 4.69) is 15.3 Å². The van der Waals surface area contributed by atoms with Gasteiger partial charge in [0.1, 0.15) is 11.4 Å². The quantitative estimate of drug-likeness (QED) is 0.620. The second kappa shape index (κ2) is 8.46. The molecule has 1 fully saturated rings. The number of amides is 1. The first-order valence-electron chi connectivity index (χ1n) is 9.74. The molecule has 0 bridgehead atoms. The number of carbonyl (C=O) groups is 2. The van der Waals surface area contributed by atoms with Crippen LogP contribution in [0.1, 0.15) is 32.2 Å². The standard InChI is InChI=1S/C20H19F3N6O3/c21-20(22,23)14-3-1-2-4-17(14)29-12-13(25-26-29)11-27-7-9-28(10-8-27)18(30)15-5-6-16(24-15)19(31)32/h1-6,12,24H,7-11H2,(H,31,32). The van der Waals surface area contributed by atoms with E-state index in [1.807, 2.05) is 4.90 Å². The molecule has 0 atom stereocenters. The van der Waals surface area contributed by atoms with Crippen LogP contribution in [0.4, 0.5) is 13.2 Å². The van der Waals surface area contributed by atoms with Gasteiger partial charge >= 0.3 is 12.1 Å². The molecule has 1 saturated heterocycles. The van der Waals surface area contributed by atoms with Crippen molar-refractivity contribution >= 4 is 11.9 Å². The molecular weight excluding hydrogens is 429 g/mol. The van der Waals surface area contributed by atoms with Gasteiger partial charge in [-0.1, -0.05) is 17.3 Å². The number of carbonyl (C=O) groups excluding carboxylic acids is 1. The molecule has 1 amide bonds. The van der Waals surface area contributed by atoms with E-state index in [9.17, 15) is 22.8 Å². The van der Waals surface area contributed by atoms with Crippen LogP contribution in [-0.4, -0.2) is 72.9 Å². The highest BCUT2D eigenvalue weighted by molar-refractivity contribution is 5.95. The Hall–Kier alpha value is -3.67. The number of aromatic amines is 1. The number of carboxylic acid groups (broad SMARTS) is 1. The Morgan fingerprint density at radius 1 is 1.03 bits per heavy atom. The van der Waals surface area contributed by atoms with Crippen molar-refractivity contribution < 1.29 is 27.9 Å². The van der Waals surface area contributed by atoms with Crippen LogP contribution in [0.5, 0.6) is 0 Å². The van der Waals surface area contributed by atoms with E-state index in [1.54, 1.807) is 4.90 Å². The highest BCUT2D eigenvalue weighted by atomic mass is 19.4. The van der Waals surface area contributed by atoms with Gasteiger partial charge in [-0.25, -0.2) is 9.48 Å². The Balaban J connectivity index is 1.37. The lowest BCUT2D eigenvalue weighted by molar-refractivity contribution is -0.137. The maximum absolute atomic E-state index is 13.2. The summed E-state index contributed by atoms with van der Waals surface area (Å²) < 4.78 is 40.9. The largest absolute Gasteiger partial charge is 0.477 e. The highest BCUT2D eigenvalue weighted by Crippen LogP contribution is 2.33. The van der Waals surface area contributed by atoms with Gasteiger partial charge in [0.25, 0.3) is 5.91 Å². The zero-order chi connectivity index (χ0) is 22.9. The van der Waals surface area contributed by atoms with Crippen molar-refractivity contribution in [2.75, 3.05) is 26.2 Å². The molecule has 1 aromatic carbocycles. The number of rotatable bonds is 5. The van der Waals surface area contributed by atoms with Crippen LogP contribution < -0.4 is 0 Å². The van der Waals surface area contributed by atoms with E-state index in [0.29, 0.717) is 38.4 Å². The van der Waals surface area contributed by atoms with E-state index >= 15 is 0 Å². The number of carboxylic acids is 1. The number of benzene rings is 1. The number of aromatic carboxylic acids is 1. The Kier molecular flexibility index (Phi) is 5.70. The zero-order valence-corrected chi connectivity index (χ0v) is 16.7. The summed E-state index contributed by atoms with van der Waals surface area (Å²) in [4.78, 5) is 29.7. The summed E-state index contributed by atoms with van der Waals surface area (Å²) in [6, 6.07) is 7.94. The smallest absolute Gasteiger partial charge is 0.418 e. The Morgan fingerprint density at radius 2 is 1.72 bits per heavy atom. The van der Waals surface area contributed by atoms with Crippen molar-refractivity contribution in [3.05, 3.63) is 65.2 Å². The molecule has 12 heteroatoms. The lowest BCUT2D eigenvalue weighted by Gasteiger charge is -2.34. The second-order valence-corrected chi connectivity index (χ2v) is 7.33. The molecule has 9 nitrogen and oxygen atoms in total. The topological polar surface area (TPSA) is 107 Å². The number of piperazine rings is 1. The first-order chi connectivity index (χ1) is 15.2. The molecule has 168 valence electrons. The molecular formula is C20H19F3N6O3. The molecule has 4 rings (SSSR count). The third-order valence-corrected chi connectivity index (χ3v) is 5.19. The van der Waals surface area contributed by atoms with E-state index in [1.165, 1.54) is 36.5 Å². The van der Waals surface area contributed by atoms with E-state index in [4.69, 9.17) is 5.11 Å². The van der Waals surface area contributed by atoms with Gasteiger partial charge in [0.2, 0.25) is 0 Å². The highest BCUT2D eigenvalue weighted by Gasteiger charge is 2.34. The summed E-state index contributed by atoms with van der Waals surface area (Å²) in [5.74, 6) is -1.42. The van der Waals surface area contributed by atoms with Gasteiger partial charge in [-0.3, -0.25) is 9.69 Å². The average molecular weight is 448 g/mol. The molecule has 1 aliphatic rings. The van der Waals surface area contributed by atoms with Crippen molar-refractivity contribution in [1.29, 1.82) is 0 Å². The van der Waals surface area contributed by atoms with Crippen LogP contribution in [-0.2, 0) is 12.7 Å². The number of para-hydroxylation sites is 1. The average Bonchev–Trinajstić information content (AvgIpc) is 3.43. The fourth-order valence-corrected chi connectivity index (χ4v) is 3.55. The minimum absolute atomic E-state index is 0.0535. The van der Waals surface area contributed by atoms with Crippen LogP contribution in [0.2, 0.25) is 0 Å². The van der Waals surface area contributed by atoms with Crippen molar-refractivity contribution in [3.63, 3.8) is 0 Å². The minimum atomic E-state index is -4.50. The van der Waals surface area contributed by atoms with E-state index < -0.39 is 17.7 Å². The zero-order valence-electron chi connectivity index (χ0n) is 16.7. The molecule has 0 unspecified atom stereocenters. The molecule has 2 aromatic heterocycles. The molecule has 2 N–H and O–H groups in total. The number of nitrogens with zero attached hydrogens (tertiary/aromatic N) is 5. The van der Waals surface area contributed by atoms with Crippen LogP contribution in [0, 0.1) is 0 Å². The minimum Gasteiger partial charge on any atom is -0.477 e. The summed E-state index contributed by atoms with van der Waals surface area (Å²) in [5.41, 5.74) is -0.221. The second-order valence-electron chi connectivity index (χ2n) is 7.33. The summed E-state index contributed by atoms with van der Waals surface area (Å²) >= 11 is 0. The maximum atomic E-state index is 13.2. The van der Waals surface area contributed by atoms with Gasteiger partial charge in [0.05, 0.1) is 23.1 Å². The van der Waals surface area contributed by atoms with Crippen molar-refractivity contribution in [1.82, 2.24) is 29.8 Å².